The molecule has 0 radical (unpaired) electrons. The number of imidazole rings is 1. The number of carbonyl (C=O) groups is 1. The number of alkyl halides is 3. The van der Waals surface area contributed by atoms with Crippen LogP contribution in [0.15, 0.2) is 12.4 Å². The molecule has 1 amide bonds. The van der Waals surface area contributed by atoms with Crippen LogP contribution in [0, 0.1) is 5.92 Å². The number of piperidine rings is 1. The molecule has 2 saturated heterocycles. The molecule has 3 rings (SSSR count). The lowest BCUT2D eigenvalue weighted by Crippen LogP contribution is -2.45. The molecular weight excluding hydrogens is 383 g/mol. The second-order valence-corrected chi connectivity index (χ2v) is 7.22. The second-order valence-electron chi connectivity index (χ2n) is 7.22. The lowest BCUT2D eigenvalue weighted by molar-refractivity contribution is -0.141. The lowest BCUT2D eigenvalue weighted by atomic mass is 9.98. The Labute approximate surface area is 163 Å². The molecular formula is C17H27ClF3N5O. The molecule has 2 atom stereocenters. The van der Waals surface area contributed by atoms with E-state index in [1.54, 1.807) is 0 Å². The smallest absolute Gasteiger partial charge is 0.354 e. The summed E-state index contributed by atoms with van der Waals surface area (Å²) in [6, 6.07) is -0.0791. The summed E-state index contributed by atoms with van der Waals surface area (Å²) in [4.78, 5) is 18.3. The zero-order chi connectivity index (χ0) is 18.6. The van der Waals surface area contributed by atoms with Gasteiger partial charge in [0.05, 0.1) is 12.6 Å². The third-order valence-electron chi connectivity index (χ3n) is 5.06. The number of nitrogens with one attached hydrogen (secondary N) is 2. The number of carbonyl (C=O) groups excluding carboxylic acids is 1. The van der Waals surface area contributed by atoms with Crippen molar-refractivity contribution in [3.05, 3.63) is 18.2 Å². The van der Waals surface area contributed by atoms with Crippen LogP contribution in [-0.4, -0.2) is 58.8 Å². The largest absolute Gasteiger partial charge is 0.406 e. The molecule has 0 aliphatic carbocycles. The number of rotatable bonds is 6. The number of halogens is 4. The Morgan fingerprint density at radius 1 is 1.33 bits per heavy atom. The van der Waals surface area contributed by atoms with Gasteiger partial charge in [-0.25, -0.2) is 4.98 Å². The van der Waals surface area contributed by atoms with Gasteiger partial charge in [0.2, 0.25) is 5.91 Å². The molecule has 2 N–H and O–H groups in total. The summed E-state index contributed by atoms with van der Waals surface area (Å²) in [5, 5.41) is 6.20. The predicted octanol–water partition coefficient (Wildman–Crippen LogP) is 1.95. The van der Waals surface area contributed by atoms with Crippen molar-refractivity contribution in [2.75, 3.05) is 26.2 Å². The molecule has 27 heavy (non-hydrogen) atoms. The van der Waals surface area contributed by atoms with E-state index in [9.17, 15) is 18.0 Å². The second kappa shape index (κ2) is 9.75. The van der Waals surface area contributed by atoms with E-state index in [1.165, 1.54) is 12.4 Å². The summed E-state index contributed by atoms with van der Waals surface area (Å²) in [5.41, 5.74) is 0. The highest BCUT2D eigenvalue weighted by atomic mass is 35.5. The Morgan fingerprint density at radius 3 is 2.85 bits per heavy atom. The summed E-state index contributed by atoms with van der Waals surface area (Å²) in [6.45, 7) is 2.50. The summed E-state index contributed by atoms with van der Waals surface area (Å²) in [5.74, 6) is 0.808. The normalized spacial score (nSPS) is 23.8. The van der Waals surface area contributed by atoms with E-state index >= 15 is 0 Å². The maximum absolute atomic E-state index is 12.6. The number of nitrogens with zero attached hydrogens (tertiary/aromatic N) is 3. The third-order valence-corrected chi connectivity index (χ3v) is 5.06. The van der Waals surface area contributed by atoms with Crippen LogP contribution in [-0.2, 0) is 17.9 Å². The minimum Gasteiger partial charge on any atom is -0.354 e. The Balaban J connectivity index is 0.00000261. The van der Waals surface area contributed by atoms with Gasteiger partial charge in [0.15, 0.2) is 0 Å². The van der Waals surface area contributed by atoms with E-state index in [1.807, 2.05) is 0 Å². The van der Waals surface area contributed by atoms with Gasteiger partial charge in [-0.15, -0.1) is 12.4 Å². The molecule has 0 aromatic carbocycles. The maximum atomic E-state index is 12.6. The Bertz CT molecular complexity index is 604. The first kappa shape index (κ1) is 22.0. The molecule has 154 valence electrons. The molecule has 2 unspecified atom stereocenters. The minimum absolute atomic E-state index is 0. The molecule has 1 aromatic rings. The first-order valence-electron chi connectivity index (χ1n) is 9.21. The average molecular weight is 410 g/mol. The number of aromatic nitrogens is 2. The molecule has 3 heterocycles. The van der Waals surface area contributed by atoms with Crippen LogP contribution < -0.4 is 10.6 Å². The van der Waals surface area contributed by atoms with Crippen LogP contribution in [0.25, 0.3) is 0 Å². The standard InChI is InChI=1S/C17H26F3N5O.ClH/c18-17(19,20)12-25-8-6-22-15(25)11-24-7-2-3-13(10-24)9-23-16(26)14-4-1-5-21-14;/h6,8,13-14,21H,1-5,7,9-12H2,(H,23,26);1H. The molecule has 0 bridgehead atoms. The summed E-state index contributed by atoms with van der Waals surface area (Å²) < 4.78 is 39.1. The van der Waals surface area contributed by atoms with Crippen molar-refractivity contribution in [1.29, 1.82) is 0 Å². The molecule has 6 nitrogen and oxygen atoms in total. The van der Waals surface area contributed by atoms with Gasteiger partial charge in [0.25, 0.3) is 0 Å². The zero-order valence-electron chi connectivity index (χ0n) is 15.2. The lowest BCUT2D eigenvalue weighted by Gasteiger charge is -2.32. The first-order valence-corrected chi connectivity index (χ1v) is 9.21. The molecule has 1 aromatic heterocycles. The van der Waals surface area contributed by atoms with Crippen molar-refractivity contribution in [3.8, 4) is 0 Å². The van der Waals surface area contributed by atoms with E-state index in [0.717, 1.165) is 49.9 Å². The van der Waals surface area contributed by atoms with Gasteiger partial charge in [0, 0.05) is 25.5 Å². The van der Waals surface area contributed by atoms with Gasteiger partial charge >= 0.3 is 6.18 Å². The highest BCUT2D eigenvalue weighted by Gasteiger charge is 2.30. The molecule has 2 aliphatic rings. The molecule has 0 spiro atoms. The molecule has 10 heteroatoms. The summed E-state index contributed by atoms with van der Waals surface area (Å²) in [7, 11) is 0. The molecule has 0 saturated carbocycles. The third kappa shape index (κ3) is 6.65. The highest BCUT2D eigenvalue weighted by Crippen LogP contribution is 2.21. The first-order chi connectivity index (χ1) is 12.4. The van der Waals surface area contributed by atoms with Gasteiger partial charge in [-0.1, -0.05) is 0 Å². The van der Waals surface area contributed by atoms with E-state index < -0.39 is 12.7 Å². The minimum atomic E-state index is -4.25. The van der Waals surface area contributed by atoms with E-state index in [-0.39, 0.29) is 24.4 Å². The predicted molar refractivity (Wildman–Crippen MR) is 97.6 cm³/mol. The highest BCUT2D eigenvalue weighted by molar-refractivity contribution is 5.85. The van der Waals surface area contributed by atoms with Gasteiger partial charge in [-0.3, -0.25) is 9.69 Å². The zero-order valence-corrected chi connectivity index (χ0v) is 16.0. The fraction of sp³-hybridized carbons (Fsp3) is 0.765. The van der Waals surface area contributed by atoms with Gasteiger partial charge in [0.1, 0.15) is 12.4 Å². The number of hydrogen-bond donors (Lipinski definition) is 2. The van der Waals surface area contributed by atoms with Crippen molar-refractivity contribution in [3.63, 3.8) is 0 Å². The fourth-order valence-electron chi connectivity index (χ4n) is 3.77. The van der Waals surface area contributed by atoms with Crippen LogP contribution in [0.1, 0.15) is 31.5 Å². The Hall–Kier alpha value is -1.32. The van der Waals surface area contributed by atoms with Crippen molar-refractivity contribution >= 4 is 18.3 Å². The van der Waals surface area contributed by atoms with Crippen molar-refractivity contribution in [2.24, 2.45) is 5.92 Å². The van der Waals surface area contributed by atoms with E-state index in [0.29, 0.717) is 24.8 Å². The molecule has 2 fully saturated rings. The van der Waals surface area contributed by atoms with Gasteiger partial charge in [-0.05, 0) is 44.7 Å². The van der Waals surface area contributed by atoms with Crippen LogP contribution in [0.4, 0.5) is 13.2 Å². The van der Waals surface area contributed by atoms with Crippen molar-refractivity contribution < 1.29 is 18.0 Å². The van der Waals surface area contributed by atoms with Gasteiger partial charge in [-0.2, -0.15) is 13.2 Å². The quantitative estimate of drug-likeness (QED) is 0.754. The Morgan fingerprint density at radius 2 is 2.15 bits per heavy atom. The number of likely N-dealkylation sites (tertiary alicyclic amines) is 1. The van der Waals surface area contributed by atoms with Crippen molar-refractivity contribution in [2.45, 2.75) is 51.0 Å². The number of amides is 1. The monoisotopic (exact) mass is 409 g/mol. The van der Waals surface area contributed by atoms with Crippen LogP contribution in [0.5, 0.6) is 0 Å². The Kier molecular flexibility index (Phi) is 7.93. The van der Waals surface area contributed by atoms with Crippen LogP contribution in [0.2, 0.25) is 0 Å². The fourth-order valence-corrected chi connectivity index (χ4v) is 3.77. The van der Waals surface area contributed by atoms with Crippen molar-refractivity contribution in [1.82, 2.24) is 25.1 Å². The maximum Gasteiger partial charge on any atom is 0.406 e. The van der Waals surface area contributed by atoms with Crippen LogP contribution in [0.3, 0.4) is 0 Å². The number of hydrogen-bond acceptors (Lipinski definition) is 4. The molecule has 2 aliphatic heterocycles. The van der Waals surface area contributed by atoms with E-state index in [4.69, 9.17) is 0 Å². The summed E-state index contributed by atoms with van der Waals surface area (Å²) in [6.07, 6.45) is 2.44. The van der Waals surface area contributed by atoms with Crippen LogP contribution >= 0.6 is 12.4 Å². The summed E-state index contributed by atoms with van der Waals surface area (Å²) >= 11 is 0. The topological polar surface area (TPSA) is 62.2 Å². The SMILES string of the molecule is Cl.O=C(NCC1CCCN(Cc2nccn2CC(F)(F)F)C1)C1CCCN1. The van der Waals surface area contributed by atoms with E-state index in [2.05, 4.69) is 20.5 Å². The average Bonchev–Trinajstić information content (AvgIpc) is 3.24. The van der Waals surface area contributed by atoms with Gasteiger partial charge < -0.3 is 15.2 Å².